The molecule has 0 unspecified atom stereocenters. The number of hydrogen-bond donors (Lipinski definition) is 0. The SMILES string of the molecule is Cc1cc(C)c(C(=O)COC(=O)/C=C/c2ccc(C#N)cc2)c(C)c1C. The van der Waals surface area contributed by atoms with Crippen molar-refractivity contribution in [1.82, 2.24) is 0 Å². The van der Waals surface area contributed by atoms with E-state index in [1.54, 1.807) is 30.3 Å². The van der Waals surface area contributed by atoms with Crippen LogP contribution < -0.4 is 0 Å². The summed E-state index contributed by atoms with van der Waals surface area (Å²) in [5.41, 5.74) is 5.97. The molecule has 0 aromatic heterocycles. The zero-order valence-electron chi connectivity index (χ0n) is 15.4. The van der Waals surface area contributed by atoms with Gasteiger partial charge in [-0.25, -0.2) is 4.79 Å². The molecular weight excluding hydrogens is 326 g/mol. The minimum atomic E-state index is -0.582. The Labute approximate surface area is 153 Å². The van der Waals surface area contributed by atoms with Crippen molar-refractivity contribution in [1.29, 1.82) is 5.26 Å². The minimum absolute atomic E-state index is 0.205. The molecule has 0 aliphatic carbocycles. The topological polar surface area (TPSA) is 67.2 Å². The first kappa shape index (κ1) is 19.1. The first-order valence-corrected chi connectivity index (χ1v) is 8.29. The maximum atomic E-state index is 12.5. The standard InChI is InChI=1S/C22H21NO3/c1-14-11-15(2)22(17(4)16(14)3)20(24)13-26-21(25)10-9-18-5-7-19(12-23)8-6-18/h5-11H,13H2,1-4H3/b10-9+. The normalized spacial score (nSPS) is 10.6. The maximum absolute atomic E-state index is 12.5. The molecule has 0 bridgehead atoms. The van der Waals surface area contributed by atoms with E-state index in [1.165, 1.54) is 6.08 Å². The maximum Gasteiger partial charge on any atom is 0.331 e. The summed E-state index contributed by atoms with van der Waals surface area (Å²) in [6, 6.07) is 10.8. The second-order valence-electron chi connectivity index (χ2n) is 6.23. The number of esters is 1. The number of carbonyl (C=O) groups is 2. The van der Waals surface area contributed by atoms with Gasteiger partial charge in [-0.1, -0.05) is 18.2 Å². The third kappa shape index (κ3) is 4.46. The molecule has 0 aliphatic rings. The van der Waals surface area contributed by atoms with Crippen molar-refractivity contribution in [3.63, 3.8) is 0 Å². The van der Waals surface area contributed by atoms with Gasteiger partial charge in [-0.05, 0) is 73.7 Å². The van der Waals surface area contributed by atoms with Gasteiger partial charge in [-0.15, -0.1) is 0 Å². The van der Waals surface area contributed by atoms with Crippen LogP contribution >= 0.6 is 0 Å². The number of Topliss-reactive ketones (excluding diaryl/α,β-unsaturated/α-hetero) is 1. The summed E-state index contributed by atoms with van der Waals surface area (Å²) in [5.74, 6) is -0.787. The van der Waals surface area contributed by atoms with Gasteiger partial charge in [-0.2, -0.15) is 5.26 Å². The van der Waals surface area contributed by atoms with Gasteiger partial charge in [-0.3, -0.25) is 4.79 Å². The Kier molecular flexibility index (Phi) is 6.08. The highest BCUT2D eigenvalue weighted by molar-refractivity contribution is 6.01. The first-order chi connectivity index (χ1) is 12.3. The molecular formula is C22H21NO3. The lowest BCUT2D eigenvalue weighted by molar-refractivity contribution is -0.136. The zero-order chi connectivity index (χ0) is 19.3. The Morgan fingerprint density at radius 2 is 1.69 bits per heavy atom. The average Bonchev–Trinajstić information content (AvgIpc) is 2.63. The molecule has 0 spiro atoms. The highest BCUT2D eigenvalue weighted by atomic mass is 16.5. The van der Waals surface area contributed by atoms with Crippen LogP contribution in [-0.2, 0) is 9.53 Å². The van der Waals surface area contributed by atoms with Crippen molar-refractivity contribution in [3.8, 4) is 6.07 Å². The molecule has 2 aromatic carbocycles. The quantitative estimate of drug-likeness (QED) is 0.461. The van der Waals surface area contributed by atoms with Gasteiger partial charge >= 0.3 is 5.97 Å². The highest BCUT2D eigenvalue weighted by Crippen LogP contribution is 2.22. The predicted octanol–water partition coefficient (Wildman–Crippen LogP) is 4.23. The summed E-state index contributed by atoms with van der Waals surface area (Å²) in [6.45, 7) is 7.50. The molecule has 0 heterocycles. The van der Waals surface area contributed by atoms with Crippen LogP contribution in [0.5, 0.6) is 0 Å². The summed E-state index contributed by atoms with van der Waals surface area (Å²) in [6.07, 6.45) is 2.86. The molecule has 4 nitrogen and oxygen atoms in total. The highest BCUT2D eigenvalue weighted by Gasteiger charge is 2.16. The minimum Gasteiger partial charge on any atom is -0.454 e. The number of carbonyl (C=O) groups excluding carboxylic acids is 2. The van der Waals surface area contributed by atoms with Gasteiger partial charge in [0.05, 0.1) is 11.6 Å². The van der Waals surface area contributed by atoms with Crippen LogP contribution in [0.4, 0.5) is 0 Å². The Hall–Kier alpha value is -3.19. The summed E-state index contributed by atoms with van der Waals surface area (Å²) in [4.78, 5) is 24.3. The van der Waals surface area contributed by atoms with E-state index in [1.807, 2.05) is 39.8 Å². The largest absolute Gasteiger partial charge is 0.454 e. The van der Waals surface area contributed by atoms with Crippen LogP contribution in [0.2, 0.25) is 0 Å². The Morgan fingerprint density at radius 3 is 2.31 bits per heavy atom. The fourth-order valence-electron chi connectivity index (χ4n) is 2.80. The Balaban J connectivity index is 2.01. The van der Waals surface area contributed by atoms with Crippen molar-refractivity contribution >= 4 is 17.8 Å². The summed E-state index contributed by atoms with van der Waals surface area (Å²) in [5, 5.41) is 8.76. The molecule has 0 saturated heterocycles. The van der Waals surface area contributed by atoms with E-state index in [9.17, 15) is 9.59 Å². The number of nitriles is 1. The number of nitrogens with zero attached hydrogens (tertiary/aromatic N) is 1. The Morgan fingerprint density at radius 1 is 1.04 bits per heavy atom. The molecule has 26 heavy (non-hydrogen) atoms. The van der Waals surface area contributed by atoms with E-state index in [-0.39, 0.29) is 12.4 Å². The van der Waals surface area contributed by atoms with Crippen LogP contribution in [-0.4, -0.2) is 18.4 Å². The molecule has 2 aromatic rings. The molecule has 0 atom stereocenters. The van der Waals surface area contributed by atoms with E-state index >= 15 is 0 Å². The third-order valence-corrected chi connectivity index (χ3v) is 4.43. The molecule has 0 N–H and O–H groups in total. The average molecular weight is 347 g/mol. The monoisotopic (exact) mass is 347 g/mol. The van der Waals surface area contributed by atoms with Crippen molar-refractivity contribution < 1.29 is 14.3 Å². The van der Waals surface area contributed by atoms with Crippen LogP contribution in [0.1, 0.15) is 43.7 Å². The van der Waals surface area contributed by atoms with Crippen LogP contribution in [0.3, 0.4) is 0 Å². The van der Waals surface area contributed by atoms with Crippen molar-refractivity contribution in [2.24, 2.45) is 0 Å². The van der Waals surface area contributed by atoms with Crippen molar-refractivity contribution in [2.75, 3.05) is 6.61 Å². The van der Waals surface area contributed by atoms with Gasteiger partial charge in [0.25, 0.3) is 0 Å². The fraction of sp³-hybridized carbons (Fsp3) is 0.227. The van der Waals surface area contributed by atoms with Crippen LogP contribution in [0, 0.1) is 39.0 Å². The van der Waals surface area contributed by atoms with E-state index in [0.29, 0.717) is 11.1 Å². The third-order valence-electron chi connectivity index (χ3n) is 4.43. The lowest BCUT2D eigenvalue weighted by Gasteiger charge is -2.14. The summed E-state index contributed by atoms with van der Waals surface area (Å²) >= 11 is 0. The number of benzene rings is 2. The second kappa shape index (κ2) is 8.26. The second-order valence-corrected chi connectivity index (χ2v) is 6.23. The molecule has 2 rings (SSSR count). The van der Waals surface area contributed by atoms with E-state index in [2.05, 4.69) is 0 Å². The molecule has 0 fully saturated rings. The number of ketones is 1. The fourth-order valence-corrected chi connectivity index (χ4v) is 2.80. The van der Waals surface area contributed by atoms with Gasteiger partial charge in [0.2, 0.25) is 5.78 Å². The number of hydrogen-bond acceptors (Lipinski definition) is 4. The lowest BCUT2D eigenvalue weighted by Crippen LogP contribution is -2.16. The molecule has 4 heteroatoms. The zero-order valence-corrected chi connectivity index (χ0v) is 15.4. The molecule has 0 amide bonds. The number of rotatable bonds is 5. The predicted molar refractivity (Wildman–Crippen MR) is 101 cm³/mol. The van der Waals surface area contributed by atoms with Crippen molar-refractivity contribution in [3.05, 3.63) is 75.4 Å². The summed E-state index contributed by atoms with van der Waals surface area (Å²) in [7, 11) is 0. The summed E-state index contributed by atoms with van der Waals surface area (Å²) < 4.78 is 5.08. The first-order valence-electron chi connectivity index (χ1n) is 8.29. The van der Waals surface area contributed by atoms with E-state index in [4.69, 9.17) is 10.00 Å². The Bertz CT molecular complexity index is 916. The number of aryl methyl sites for hydroxylation is 2. The molecule has 0 saturated carbocycles. The number of ether oxygens (including phenoxy) is 1. The van der Waals surface area contributed by atoms with Gasteiger partial charge in [0, 0.05) is 11.6 Å². The molecule has 0 aliphatic heterocycles. The molecule has 0 radical (unpaired) electrons. The van der Waals surface area contributed by atoms with Crippen LogP contribution in [0.25, 0.3) is 6.08 Å². The molecule has 132 valence electrons. The lowest BCUT2D eigenvalue weighted by atomic mass is 9.92. The van der Waals surface area contributed by atoms with Crippen LogP contribution in [0.15, 0.2) is 36.4 Å². The van der Waals surface area contributed by atoms with Crippen molar-refractivity contribution in [2.45, 2.75) is 27.7 Å². The van der Waals surface area contributed by atoms with E-state index < -0.39 is 5.97 Å². The van der Waals surface area contributed by atoms with Gasteiger partial charge in [0.15, 0.2) is 6.61 Å². The smallest absolute Gasteiger partial charge is 0.331 e. The van der Waals surface area contributed by atoms with Gasteiger partial charge in [0.1, 0.15) is 0 Å². The van der Waals surface area contributed by atoms with E-state index in [0.717, 1.165) is 27.8 Å². The van der Waals surface area contributed by atoms with Gasteiger partial charge < -0.3 is 4.74 Å².